The monoisotopic (exact) mass is 386 g/mol. The highest BCUT2D eigenvalue weighted by molar-refractivity contribution is 5.96. The molecule has 0 aliphatic rings. The first-order valence-electron chi connectivity index (χ1n) is 9.57. The van der Waals surface area contributed by atoms with Crippen LogP contribution in [0.25, 0.3) is 22.8 Å². The number of carbonyl (C=O) groups is 1. The molecule has 2 aromatic carbocycles. The summed E-state index contributed by atoms with van der Waals surface area (Å²) < 4.78 is 11.5. The molecule has 0 radical (unpaired) electrons. The van der Waals surface area contributed by atoms with Crippen molar-refractivity contribution in [2.45, 2.75) is 20.3 Å². The maximum absolute atomic E-state index is 12.6. The minimum absolute atomic E-state index is 0.155. The van der Waals surface area contributed by atoms with Gasteiger partial charge in [0.1, 0.15) is 17.3 Å². The van der Waals surface area contributed by atoms with Gasteiger partial charge in [-0.05, 0) is 32.0 Å². The topological polar surface area (TPSA) is 68.3 Å². The highest BCUT2D eigenvalue weighted by atomic mass is 16.4. The molecule has 5 nitrogen and oxygen atoms in total. The molecule has 0 saturated heterocycles. The zero-order valence-corrected chi connectivity index (χ0v) is 16.4. The van der Waals surface area contributed by atoms with E-state index in [1.54, 1.807) is 13.0 Å². The average Bonchev–Trinajstić information content (AvgIpc) is 3.32. The Kier molecular flexibility index (Phi) is 5.29. The van der Waals surface area contributed by atoms with Crippen molar-refractivity contribution in [3.05, 3.63) is 89.5 Å². The Morgan fingerprint density at radius 2 is 1.55 bits per heavy atom. The maximum atomic E-state index is 12.6. The second-order valence-electron chi connectivity index (χ2n) is 6.84. The Balaban J connectivity index is 1.40. The molecule has 29 heavy (non-hydrogen) atoms. The van der Waals surface area contributed by atoms with Crippen LogP contribution < -0.4 is 5.32 Å². The Labute approximate surface area is 169 Å². The molecule has 0 unspecified atom stereocenters. The predicted molar refractivity (Wildman–Crippen MR) is 112 cm³/mol. The lowest BCUT2D eigenvalue weighted by Gasteiger charge is -2.02. The number of aryl methyl sites for hydroxylation is 2. The molecule has 0 saturated carbocycles. The molecule has 0 aliphatic heterocycles. The van der Waals surface area contributed by atoms with Gasteiger partial charge in [-0.25, -0.2) is 4.98 Å². The number of hydrogen-bond donors (Lipinski definition) is 1. The van der Waals surface area contributed by atoms with Gasteiger partial charge in [0.25, 0.3) is 5.91 Å². The highest BCUT2D eigenvalue weighted by Crippen LogP contribution is 2.25. The number of nitrogens with zero attached hydrogens (tertiary/aromatic N) is 1. The molecule has 0 aliphatic carbocycles. The molecule has 1 amide bonds. The lowest BCUT2D eigenvalue weighted by molar-refractivity contribution is 0.0952. The van der Waals surface area contributed by atoms with Crippen LogP contribution in [-0.4, -0.2) is 17.4 Å². The van der Waals surface area contributed by atoms with Crippen molar-refractivity contribution < 1.29 is 13.6 Å². The summed E-state index contributed by atoms with van der Waals surface area (Å²) in [5.74, 6) is 2.50. The number of oxazole rings is 1. The van der Waals surface area contributed by atoms with Crippen LogP contribution in [0.1, 0.15) is 27.6 Å². The van der Waals surface area contributed by atoms with Gasteiger partial charge in [-0.1, -0.05) is 48.5 Å². The normalized spacial score (nSPS) is 10.8. The van der Waals surface area contributed by atoms with E-state index in [2.05, 4.69) is 10.3 Å². The Morgan fingerprint density at radius 1 is 0.897 bits per heavy atom. The van der Waals surface area contributed by atoms with Crippen LogP contribution in [0.2, 0.25) is 0 Å². The van der Waals surface area contributed by atoms with Crippen LogP contribution in [0.3, 0.4) is 0 Å². The molecule has 4 rings (SSSR count). The summed E-state index contributed by atoms with van der Waals surface area (Å²) in [6, 6.07) is 21.3. The van der Waals surface area contributed by atoms with Crippen LogP contribution >= 0.6 is 0 Å². The molecule has 1 N–H and O–H groups in total. The highest BCUT2D eigenvalue weighted by Gasteiger charge is 2.16. The van der Waals surface area contributed by atoms with Crippen LogP contribution in [-0.2, 0) is 6.42 Å². The van der Waals surface area contributed by atoms with Crippen molar-refractivity contribution in [3.63, 3.8) is 0 Å². The average molecular weight is 386 g/mol. The smallest absolute Gasteiger partial charge is 0.254 e. The van der Waals surface area contributed by atoms with Crippen molar-refractivity contribution in [3.8, 4) is 22.8 Å². The fourth-order valence-corrected chi connectivity index (χ4v) is 3.21. The molecular weight excluding hydrogens is 364 g/mol. The molecule has 0 bridgehead atoms. The van der Waals surface area contributed by atoms with Crippen molar-refractivity contribution in [2.75, 3.05) is 6.54 Å². The number of amides is 1. The zero-order valence-electron chi connectivity index (χ0n) is 16.4. The van der Waals surface area contributed by atoms with E-state index >= 15 is 0 Å². The number of benzene rings is 2. The summed E-state index contributed by atoms with van der Waals surface area (Å²) in [5, 5.41) is 2.95. The van der Waals surface area contributed by atoms with Crippen LogP contribution in [0, 0.1) is 13.8 Å². The fourth-order valence-electron chi connectivity index (χ4n) is 3.21. The largest absolute Gasteiger partial charge is 0.461 e. The lowest BCUT2D eigenvalue weighted by Crippen LogP contribution is -2.26. The minimum Gasteiger partial charge on any atom is -0.461 e. The molecular formula is C24H22N2O3. The van der Waals surface area contributed by atoms with Gasteiger partial charge in [-0.2, -0.15) is 0 Å². The number of aromatic nitrogens is 1. The van der Waals surface area contributed by atoms with Gasteiger partial charge in [0, 0.05) is 24.1 Å². The molecule has 4 aromatic rings. The second kappa shape index (κ2) is 8.19. The first-order valence-corrected chi connectivity index (χ1v) is 9.57. The molecule has 2 aromatic heterocycles. The first kappa shape index (κ1) is 18.7. The van der Waals surface area contributed by atoms with E-state index in [4.69, 9.17) is 8.83 Å². The van der Waals surface area contributed by atoms with Crippen molar-refractivity contribution in [1.82, 2.24) is 10.3 Å². The van der Waals surface area contributed by atoms with Gasteiger partial charge in [-0.3, -0.25) is 4.79 Å². The number of carbonyl (C=O) groups excluding carboxylic acids is 1. The third-order valence-electron chi connectivity index (χ3n) is 4.78. The van der Waals surface area contributed by atoms with E-state index in [-0.39, 0.29) is 5.91 Å². The molecule has 146 valence electrons. The summed E-state index contributed by atoms with van der Waals surface area (Å²) in [6.07, 6.45) is 0.594. The predicted octanol–water partition coefficient (Wildman–Crippen LogP) is 5.19. The van der Waals surface area contributed by atoms with Crippen LogP contribution in [0.4, 0.5) is 0 Å². The lowest BCUT2D eigenvalue weighted by atomic mass is 10.1. The van der Waals surface area contributed by atoms with E-state index in [9.17, 15) is 4.79 Å². The van der Waals surface area contributed by atoms with Gasteiger partial charge in [0.05, 0.1) is 11.3 Å². The van der Waals surface area contributed by atoms with Gasteiger partial charge in [0.15, 0.2) is 0 Å². The SMILES string of the molecule is Cc1oc(-c2ccccc2)cc1C(=O)NCCc1nc(-c2ccccc2)oc1C. The van der Waals surface area contributed by atoms with Gasteiger partial charge in [-0.15, -0.1) is 0 Å². The fraction of sp³-hybridized carbons (Fsp3) is 0.167. The van der Waals surface area contributed by atoms with Gasteiger partial charge in [0.2, 0.25) is 5.89 Å². The van der Waals surface area contributed by atoms with E-state index in [1.165, 1.54) is 0 Å². The van der Waals surface area contributed by atoms with Gasteiger partial charge >= 0.3 is 0 Å². The Hall–Kier alpha value is -3.60. The number of nitrogens with one attached hydrogen (secondary N) is 1. The third-order valence-corrected chi connectivity index (χ3v) is 4.78. The Bertz CT molecular complexity index is 1110. The van der Waals surface area contributed by atoms with Crippen molar-refractivity contribution >= 4 is 5.91 Å². The van der Waals surface area contributed by atoms with E-state index < -0.39 is 0 Å². The molecule has 0 fully saturated rings. The quantitative estimate of drug-likeness (QED) is 0.495. The first-order chi connectivity index (χ1) is 14.1. The summed E-state index contributed by atoms with van der Waals surface area (Å²) in [6.45, 7) is 4.16. The Morgan fingerprint density at radius 3 is 2.24 bits per heavy atom. The maximum Gasteiger partial charge on any atom is 0.254 e. The van der Waals surface area contributed by atoms with Crippen molar-refractivity contribution in [2.24, 2.45) is 0 Å². The standard InChI is InChI=1S/C24H22N2O3/c1-16-20(15-22(28-16)18-9-5-3-6-10-18)23(27)25-14-13-21-17(2)29-24(26-21)19-11-7-4-8-12-19/h3-12,15H,13-14H2,1-2H3,(H,25,27). The minimum atomic E-state index is -0.155. The summed E-state index contributed by atoms with van der Waals surface area (Å²) >= 11 is 0. The van der Waals surface area contributed by atoms with E-state index in [1.807, 2.05) is 67.6 Å². The molecule has 2 heterocycles. The van der Waals surface area contributed by atoms with E-state index in [0.717, 1.165) is 22.6 Å². The molecule has 0 spiro atoms. The zero-order chi connectivity index (χ0) is 20.2. The number of rotatable bonds is 6. The van der Waals surface area contributed by atoms with E-state index in [0.29, 0.717) is 35.9 Å². The molecule has 0 atom stereocenters. The third kappa shape index (κ3) is 4.14. The number of hydrogen-bond acceptors (Lipinski definition) is 4. The summed E-state index contributed by atoms with van der Waals surface area (Å²) in [5.41, 5.74) is 3.28. The number of furan rings is 1. The second-order valence-corrected chi connectivity index (χ2v) is 6.84. The van der Waals surface area contributed by atoms with Crippen LogP contribution in [0.15, 0.2) is 75.6 Å². The van der Waals surface area contributed by atoms with Crippen molar-refractivity contribution in [1.29, 1.82) is 0 Å². The van der Waals surface area contributed by atoms with Gasteiger partial charge < -0.3 is 14.2 Å². The van der Waals surface area contributed by atoms with Crippen LogP contribution in [0.5, 0.6) is 0 Å². The summed E-state index contributed by atoms with van der Waals surface area (Å²) in [7, 11) is 0. The summed E-state index contributed by atoms with van der Waals surface area (Å²) in [4.78, 5) is 17.2. The molecule has 5 heteroatoms.